The summed E-state index contributed by atoms with van der Waals surface area (Å²) in [6.45, 7) is 0.348. The number of guanidine groups is 1. The summed E-state index contributed by atoms with van der Waals surface area (Å²) in [6.07, 6.45) is 4.39. The van der Waals surface area contributed by atoms with Crippen molar-refractivity contribution in [3.05, 3.63) is 47.0 Å². The van der Waals surface area contributed by atoms with Gasteiger partial charge in [0, 0.05) is 17.3 Å². The van der Waals surface area contributed by atoms with Crippen LogP contribution < -0.4 is 20.5 Å². The van der Waals surface area contributed by atoms with Gasteiger partial charge in [0.1, 0.15) is 5.75 Å². The van der Waals surface area contributed by atoms with Crippen molar-refractivity contribution in [3.63, 3.8) is 0 Å². The number of benzene rings is 2. The third-order valence-corrected chi connectivity index (χ3v) is 4.69. The molecule has 2 aromatic rings. The van der Waals surface area contributed by atoms with Crippen LogP contribution in [0.1, 0.15) is 29.5 Å². The van der Waals surface area contributed by atoms with Gasteiger partial charge in [-0.15, -0.1) is 0 Å². The third kappa shape index (κ3) is 3.85. The molecule has 0 aromatic heterocycles. The molecule has 1 aliphatic rings. The Balaban J connectivity index is 1.75. The predicted molar refractivity (Wildman–Crippen MR) is 103 cm³/mol. The van der Waals surface area contributed by atoms with Crippen LogP contribution >= 0.6 is 0 Å². The number of fused-ring (bicyclic) bond motifs is 1. The molecule has 0 amide bonds. The second kappa shape index (κ2) is 7.99. The largest absolute Gasteiger partial charge is 0.508 e. The number of phenolic OH excluding ortho intramolecular Hbond substituents is 1. The smallest absolute Gasteiger partial charge is 0.193 e. The fraction of sp³-hybridized carbons (Fsp3) is 0.350. The molecule has 1 aliphatic carbocycles. The number of hydrogen-bond acceptors (Lipinski definition) is 4. The van der Waals surface area contributed by atoms with E-state index in [1.165, 1.54) is 17.5 Å². The zero-order valence-corrected chi connectivity index (χ0v) is 15.2. The summed E-state index contributed by atoms with van der Waals surface area (Å²) in [5.41, 5.74) is 10.2. The molecule has 3 rings (SSSR count). The zero-order valence-electron chi connectivity index (χ0n) is 15.2. The topological polar surface area (TPSA) is 89.1 Å². The van der Waals surface area contributed by atoms with Crippen LogP contribution in [-0.4, -0.2) is 25.3 Å². The standard InChI is InChI=1S/C20H25N3O3/c1-25-18-10-8-14(11-19(18)26-2)23-20(21)22-12-16-15-6-4-3-5-13(15)7-9-17(16)24/h7-11,24H,3-6,12H2,1-2H3,(H3,21,22,23). The summed E-state index contributed by atoms with van der Waals surface area (Å²) in [5, 5.41) is 13.3. The Morgan fingerprint density at radius 1 is 1.12 bits per heavy atom. The van der Waals surface area contributed by atoms with E-state index in [2.05, 4.69) is 10.3 Å². The van der Waals surface area contributed by atoms with E-state index < -0.39 is 0 Å². The van der Waals surface area contributed by atoms with E-state index in [0.717, 1.165) is 30.5 Å². The first kappa shape index (κ1) is 17.9. The molecule has 6 nitrogen and oxygen atoms in total. The molecule has 0 radical (unpaired) electrons. The lowest BCUT2D eigenvalue weighted by atomic mass is 9.88. The minimum Gasteiger partial charge on any atom is -0.508 e. The number of phenols is 1. The molecule has 138 valence electrons. The number of nitrogens with zero attached hydrogens (tertiary/aromatic N) is 1. The number of aromatic hydroxyl groups is 1. The van der Waals surface area contributed by atoms with E-state index in [4.69, 9.17) is 15.2 Å². The molecule has 4 N–H and O–H groups in total. The first-order valence-electron chi connectivity index (χ1n) is 8.74. The average Bonchev–Trinajstić information content (AvgIpc) is 2.67. The number of nitrogens with two attached hydrogens (primary N) is 1. The first-order valence-corrected chi connectivity index (χ1v) is 8.74. The second-order valence-corrected chi connectivity index (χ2v) is 6.30. The molecule has 0 spiro atoms. The molecular formula is C20H25N3O3. The van der Waals surface area contributed by atoms with Crippen LogP contribution in [0, 0.1) is 0 Å². The number of hydrogen-bond donors (Lipinski definition) is 3. The van der Waals surface area contributed by atoms with E-state index in [-0.39, 0.29) is 11.7 Å². The lowest BCUT2D eigenvalue weighted by Crippen LogP contribution is -2.22. The normalized spacial score (nSPS) is 13.8. The predicted octanol–water partition coefficient (Wildman–Crippen LogP) is 3.22. The summed E-state index contributed by atoms with van der Waals surface area (Å²) < 4.78 is 10.5. The Labute approximate surface area is 153 Å². The van der Waals surface area contributed by atoms with E-state index in [0.29, 0.717) is 18.0 Å². The van der Waals surface area contributed by atoms with Crippen molar-refractivity contribution in [2.24, 2.45) is 10.7 Å². The van der Waals surface area contributed by atoms with Crippen LogP contribution in [0.2, 0.25) is 0 Å². The van der Waals surface area contributed by atoms with Gasteiger partial charge in [0.15, 0.2) is 17.5 Å². The molecule has 0 atom stereocenters. The summed E-state index contributed by atoms with van der Waals surface area (Å²) in [6, 6.07) is 9.21. The Kier molecular flexibility index (Phi) is 5.51. The number of aliphatic imine (C=N–C) groups is 1. The maximum absolute atomic E-state index is 10.2. The van der Waals surface area contributed by atoms with Crippen LogP contribution in [0.3, 0.4) is 0 Å². The molecule has 0 saturated carbocycles. The second-order valence-electron chi connectivity index (χ2n) is 6.30. The Hall–Kier alpha value is -2.89. The van der Waals surface area contributed by atoms with Gasteiger partial charge < -0.3 is 25.6 Å². The molecule has 0 bridgehead atoms. The zero-order chi connectivity index (χ0) is 18.5. The summed E-state index contributed by atoms with van der Waals surface area (Å²) in [5.74, 6) is 1.83. The SMILES string of the molecule is COc1ccc(NC(N)=NCc2c(O)ccc3c2CCCC3)cc1OC. The lowest BCUT2D eigenvalue weighted by Gasteiger charge is -2.19. The van der Waals surface area contributed by atoms with Gasteiger partial charge in [-0.25, -0.2) is 4.99 Å². The van der Waals surface area contributed by atoms with Gasteiger partial charge in [-0.2, -0.15) is 0 Å². The summed E-state index contributed by atoms with van der Waals surface area (Å²) >= 11 is 0. The highest BCUT2D eigenvalue weighted by molar-refractivity contribution is 5.92. The fourth-order valence-electron chi connectivity index (χ4n) is 3.33. The van der Waals surface area contributed by atoms with Crippen LogP contribution in [-0.2, 0) is 19.4 Å². The maximum Gasteiger partial charge on any atom is 0.193 e. The number of ether oxygens (including phenoxy) is 2. The molecule has 0 saturated heterocycles. The van der Waals surface area contributed by atoms with Crippen molar-refractivity contribution in [1.29, 1.82) is 0 Å². The number of rotatable bonds is 5. The summed E-state index contributed by atoms with van der Waals surface area (Å²) in [4.78, 5) is 4.41. The highest BCUT2D eigenvalue weighted by Gasteiger charge is 2.16. The van der Waals surface area contributed by atoms with Crippen molar-refractivity contribution in [2.75, 3.05) is 19.5 Å². The third-order valence-electron chi connectivity index (χ3n) is 4.69. The average molecular weight is 355 g/mol. The van der Waals surface area contributed by atoms with Crippen molar-refractivity contribution >= 4 is 11.6 Å². The number of anilines is 1. The van der Waals surface area contributed by atoms with Crippen LogP contribution in [0.25, 0.3) is 0 Å². The Morgan fingerprint density at radius 3 is 2.65 bits per heavy atom. The van der Waals surface area contributed by atoms with Gasteiger partial charge in [0.25, 0.3) is 0 Å². The van der Waals surface area contributed by atoms with Crippen molar-refractivity contribution in [1.82, 2.24) is 0 Å². The van der Waals surface area contributed by atoms with Gasteiger partial charge in [0.2, 0.25) is 0 Å². The highest BCUT2D eigenvalue weighted by atomic mass is 16.5. The van der Waals surface area contributed by atoms with Crippen LogP contribution in [0.5, 0.6) is 17.2 Å². The van der Waals surface area contributed by atoms with Gasteiger partial charge in [-0.05, 0) is 55.0 Å². The van der Waals surface area contributed by atoms with Crippen LogP contribution in [0.4, 0.5) is 5.69 Å². The molecule has 6 heteroatoms. The van der Waals surface area contributed by atoms with E-state index in [1.54, 1.807) is 32.4 Å². The van der Waals surface area contributed by atoms with Gasteiger partial charge in [-0.1, -0.05) is 6.07 Å². The number of nitrogens with one attached hydrogen (secondary N) is 1. The summed E-state index contributed by atoms with van der Waals surface area (Å²) in [7, 11) is 3.17. The van der Waals surface area contributed by atoms with E-state index >= 15 is 0 Å². The van der Waals surface area contributed by atoms with Gasteiger partial charge >= 0.3 is 0 Å². The van der Waals surface area contributed by atoms with Gasteiger partial charge in [0.05, 0.1) is 20.8 Å². The highest BCUT2D eigenvalue weighted by Crippen LogP contribution is 2.31. The van der Waals surface area contributed by atoms with Gasteiger partial charge in [-0.3, -0.25) is 0 Å². The van der Waals surface area contributed by atoms with Crippen molar-refractivity contribution in [3.8, 4) is 17.2 Å². The van der Waals surface area contributed by atoms with Crippen molar-refractivity contribution < 1.29 is 14.6 Å². The maximum atomic E-state index is 10.2. The molecule has 0 heterocycles. The van der Waals surface area contributed by atoms with E-state index in [1.807, 2.05) is 12.1 Å². The molecule has 0 aliphatic heterocycles. The molecule has 0 fully saturated rings. The molecule has 2 aromatic carbocycles. The molecule has 26 heavy (non-hydrogen) atoms. The Morgan fingerprint density at radius 2 is 1.88 bits per heavy atom. The number of aryl methyl sites for hydroxylation is 1. The fourth-order valence-corrected chi connectivity index (χ4v) is 3.33. The van der Waals surface area contributed by atoms with Crippen molar-refractivity contribution in [2.45, 2.75) is 32.2 Å². The minimum atomic E-state index is 0.282. The Bertz CT molecular complexity index is 818. The molecule has 0 unspecified atom stereocenters. The molecular weight excluding hydrogens is 330 g/mol. The quantitative estimate of drug-likeness (QED) is 0.566. The first-order chi connectivity index (χ1) is 12.6. The number of methoxy groups -OCH3 is 2. The lowest BCUT2D eigenvalue weighted by molar-refractivity contribution is 0.355. The minimum absolute atomic E-state index is 0.282. The van der Waals surface area contributed by atoms with E-state index in [9.17, 15) is 5.11 Å². The monoisotopic (exact) mass is 355 g/mol. The van der Waals surface area contributed by atoms with Crippen LogP contribution in [0.15, 0.2) is 35.3 Å².